The maximum absolute atomic E-state index is 7.51. The first kappa shape index (κ1) is 27.5. The van der Waals surface area contributed by atoms with E-state index in [2.05, 4.69) is 166 Å². The van der Waals surface area contributed by atoms with Gasteiger partial charge in [0.05, 0.1) is 22.1 Å². The van der Waals surface area contributed by atoms with Crippen molar-refractivity contribution in [3.63, 3.8) is 0 Å². The number of rotatable bonds is 1. The molecule has 8 aromatic carbocycles. The molecular weight excluding hydrogens is 672 g/mol. The van der Waals surface area contributed by atoms with Gasteiger partial charge in [-0.1, -0.05) is 72.8 Å². The van der Waals surface area contributed by atoms with Gasteiger partial charge in [-0.25, -0.2) is 0 Å². The van der Waals surface area contributed by atoms with Crippen molar-refractivity contribution in [2.24, 2.45) is 0 Å². The molecule has 2 aromatic heterocycles. The summed E-state index contributed by atoms with van der Waals surface area (Å²) in [6.45, 7) is -0.156. The fourth-order valence-corrected chi connectivity index (χ4v) is 11.2. The van der Waals surface area contributed by atoms with Gasteiger partial charge >= 0.3 is 0 Å². The molecule has 5 aliphatic heterocycles. The molecule has 7 heterocycles. The van der Waals surface area contributed by atoms with Gasteiger partial charge in [0.25, 0.3) is 13.4 Å². The molecule has 0 atom stereocenters. The van der Waals surface area contributed by atoms with Gasteiger partial charge in [-0.05, 0) is 106 Å². The Morgan fingerprint density at radius 3 is 1.64 bits per heavy atom. The van der Waals surface area contributed by atoms with Crippen LogP contribution >= 0.6 is 0 Å². The largest absolute Gasteiger partial charge is 0.458 e. The van der Waals surface area contributed by atoms with Crippen LogP contribution < -0.4 is 47.2 Å². The predicted octanol–water partition coefficient (Wildman–Crippen LogP) is 7.53. The Morgan fingerprint density at radius 1 is 0.364 bits per heavy atom. The molecule has 0 aliphatic carbocycles. The lowest BCUT2D eigenvalue weighted by Crippen LogP contribution is -2.64. The number of ether oxygens (including phenoxy) is 2. The highest BCUT2D eigenvalue weighted by molar-refractivity contribution is 7.03. The summed E-state index contributed by atoms with van der Waals surface area (Å²) in [7, 11) is 0. The molecule has 250 valence electrons. The molecule has 0 unspecified atom stereocenters. The van der Waals surface area contributed by atoms with Crippen LogP contribution in [0.1, 0.15) is 0 Å². The Balaban J connectivity index is 1.18. The normalized spacial score (nSPS) is 14.4. The molecule has 2 bridgehead atoms. The zero-order valence-electron chi connectivity index (χ0n) is 29.2. The average Bonchev–Trinajstić information content (AvgIpc) is 3.75. The molecule has 55 heavy (non-hydrogen) atoms. The first-order valence-corrected chi connectivity index (χ1v) is 19.1. The monoisotopic (exact) mass is 697 g/mol. The van der Waals surface area contributed by atoms with Crippen LogP contribution in [0, 0.1) is 0 Å². The van der Waals surface area contributed by atoms with Crippen LogP contribution in [-0.4, -0.2) is 22.6 Å². The second kappa shape index (κ2) is 9.15. The van der Waals surface area contributed by atoms with Crippen molar-refractivity contribution in [1.29, 1.82) is 0 Å². The Morgan fingerprint density at radius 2 is 0.927 bits per heavy atom. The van der Waals surface area contributed by atoms with Crippen molar-refractivity contribution >= 4 is 107 Å². The van der Waals surface area contributed by atoms with E-state index in [1.807, 2.05) is 0 Å². The smallest absolute Gasteiger partial charge is 0.261 e. The fourth-order valence-electron chi connectivity index (χ4n) is 11.2. The molecule has 0 spiro atoms. The van der Waals surface area contributed by atoms with Gasteiger partial charge in [0.2, 0.25) is 0 Å². The molecule has 5 nitrogen and oxygen atoms in total. The molecule has 0 amide bonds. The summed E-state index contributed by atoms with van der Waals surface area (Å²) in [5.41, 5.74) is 18.0. The maximum Gasteiger partial charge on any atom is 0.261 e. The number of anilines is 3. The Bertz CT molecular complexity index is 3470. The lowest BCUT2D eigenvalue weighted by molar-refractivity contribution is 0.486. The number of hydrogen-bond donors (Lipinski definition) is 0. The Kier molecular flexibility index (Phi) is 4.57. The lowest BCUT2D eigenvalue weighted by Gasteiger charge is -2.42. The highest BCUT2D eigenvalue weighted by atomic mass is 16.5. The molecule has 0 saturated carbocycles. The van der Waals surface area contributed by atoms with Gasteiger partial charge in [0.1, 0.15) is 23.0 Å². The Hall–Kier alpha value is -7.11. The highest BCUT2D eigenvalue weighted by Gasteiger charge is 2.48. The minimum Gasteiger partial charge on any atom is -0.458 e. The van der Waals surface area contributed by atoms with Crippen molar-refractivity contribution in [1.82, 2.24) is 9.13 Å². The van der Waals surface area contributed by atoms with Gasteiger partial charge < -0.3 is 23.5 Å². The SMILES string of the molecule is c1ccc(N2c3cc4c5cc3B3c6c2cccc6-n2c6ccccc6c6ccc(c3c62)Oc2ccc3c6ccccc6n6c3c2B5c2c(cccc2-6)O4)cc1. The van der Waals surface area contributed by atoms with Gasteiger partial charge in [-0.15, -0.1) is 0 Å². The molecule has 7 heteroatoms. The van der Waals surface area contributed by atoms with E-state index in [1.54, 1.807) is 0 Å². The van der Waals surface area contributed by atoms with E-state index in [4.69, 9.17) is 9.47 Å². The number of nitrogens with zero attached hydrogens (tertiary/aromatic N) is 3. The average molecular weight is 697 g/mol. The van der Waals surface area contributed by atoms with Crippen LogP contribution in [0.15, 0.2) is 152 Å². The van der Waals surface area contributed by atoms with Crippen LogP contribution in [0.4, 0.5) is 17.1 Å². The van der Waals surface area contributed by atoms with Crippen LogP contribution in [0.25, 0.3) is 55.0 Å². The van der Waals surface area contributed by atoms with E-state index in [1.165, 1.54) is 93.5 Å². The van der Waals surface area contributed by atoms with Gasteiger partial charge in [0.15, 0.2) is 0 Å². The van der Waals surface area contributed by atoms with Gasteiger partial charge in [-0.3, -0.25) is 0 Å². The van der Waals surface area contributed by atoms with E-state index in [0.717, 1.165) is 34.4 Å². The summed E-state index contributed by atoms with van der Waals surface area (Å²) in [5, 5.41) is 4.97. The van der Waals surface area contributed by atoms with Crippen LogP contribution in [0.3, 0.4) is 0 Å². The quantitative estimate of drug-likeness (QED) is 0.166. The Labute approximate surface area is 315 Å². The third-order valence-corrected chi connectivity index (χ3v) is 13.1. The first-order chi connectivity index (χ1) is 27.3. The second-order valence-corrected chi connectivity index (χ2v) is 15.5. The minimum absolute atomic E-state index is 0.0704. The number of aromatic nitrogens is 2. The summed E-state index contributed by atoms with van der Waals surface area (Å²) in [6.07, 6.45) is 0. The molecule has 0 saturated heterocycles. The van der Waals surface area contributed by atoms with E-state index in [-0.39, 0.29) is 13.4 Å². The standard InChI is InChI=1S/C48H25B2N3O2/c1-2-10-26(11-3-1)51-35-16-8-17-36-43(35)49-31-24-32-42(25-38(31)51)55-39-19-9-18-37-44(39)50(32)46-41(23-21-30-28-13-5-7-15-34(28)53(37)48(30)46)54-40-22-20-29-27-12-4-6-14-33(27)52(36)47(29)45(40)49/h1-25H. The van der Waals surface area contributed by atoms with Crippen molar-refractivity contribution in [2.75, 3.05) is 4.90 Å². The fraction of sp³-hybridized carbons (Fsp3) is 0. The van der Waals surface area contributed by atoms with E-state index < -0.39 is 0 Å². The van der Waals surface area contributed by atoms with Crippen LogP contribution in [0.2, 0.25) is 0 Å². The first-order valence-electron chi connectivity index (χ1n) is 19.1. The molecule has 15 rings (SSSR count). The van der Waals surface area contributed by atoms with Gasteiger partial charge in [0, 0.05) is 56.0 Å². The summed E-state index contributed by atoms with van der Waals surface area (Å²) in [5.74, 6) is 3.58. The van der Waals surface area contributed by atoms with Crippen molar-refractivity contribution in [2.45, 2.75) is 0 Å². The number of fused-ring (bicyclic) bond motifs is 8. The topological polar surface area (TPSA) is 31.6 Å². The van der Waals surface area contributed by atoms with Crippen LogP contribution in [-0.2, 0) is 0 Å². The van der Waals surface area contributed by atoms with E-state index in [9.17, 15) is 0 Å². The number of benzene rings is 8. The van der Waals surface area contributed by atoms with E-state index >= 15 is 0 Å². The second-order valence-electron chi connectivity index (χ2n) is 15.5. The predicted molar refractivity (Wildman–Crippen MR) is 226 cm³/mol. The summed E-state index contributed by atoms with van der Waals surface area (Å²) >= 11 is 0. The third kappa shape index (κ3) is 3.02. The van der Waals surface area contributed by atoms with Gasteiger partial charge in [-0.2, -0.15) is 0 Å². The zero-order valence-corrected chi connectivity index (χ0v) is 29.2. The highest BCUT2D eigenvalue weighted by Crippen LogP contribution is 2.46. The lowest BCUT2D eigenvalue weighted by atomic mass is 9.30. The molecule has 0 fully saturated rings. The van der Waals surface area contributed by atoms with Crippen molar-refractivity contribution in [3.05, 3.63) is 152 Å². The summed E-state index contributed by atoms with van der Waals surface area (Å²) in [6, 6.07) is 55.6. The van der Waals surface area contributed by atoms with Crippen molar-refractivity contribution in [3.8, 4) is 34.4 Å². The summed E-state index contributed by atoms with van der Waals surface area (Å²) in [4.78, 5) is 2.45. The van der Waals surface area contributed by atoms with Crippen LogP contribution in [0.5, 0.6) is 23.0 Å². The third-order valence-electron chi connectivity index (χ3n) is 13.1. The van der Waals surface area contributed by atoms with E-state index in [0.29, 0.717) is 0 Å². The molecular formula is C48H25B2N3O2. The molecule has 10 aromatic rings. The number of para-hydroxylation sites is 3. The maximum atomic E-state index is 7.51. The summed E-state index contributed by atoms with van der Waals surface area (Å²) < 4.78 is 19.6. The number of hydrogen-bond acceptors (Lipinski definition) is 3. The molecule has 5 aliphatic rings. The zero-order chi connectivity index (χ0) is 35.3. The minimum atomic E-state index is -0.0853. The van der Waals surface area contributed by atoms with Crippen molar-refractivity contribution < 1.29 is 9.47 Å². The molecule has 0 radical (unpaired) electrons. The molecule has 0 N–H and O–H groups in total.